The molecule has 30 heavy (non-hydrogen) atoms. The minimum Gasteiger partial charge on any atom is -0.327 e. The third-order valence-electron chi connectivity index (χ3n) is 5.50. The largest absolute Gasteiger partial charge is 0.327 e. The summed E-state index contributed by atoms with van der Waals surface area (Å²) in [5, 5.41) is 0. The summed E-state index contributed by atoms with van der Waals surface area (Å²) in [5.41, 5.74) is 5.24. The number of rotatable bonds is 9. The van der Waals surface area contributed by atoms with Crippen molar-refractivity contribution in [3.05, 3.63) is 132 Å². The Morgan fingerprint density at radius 1 is 0.767 bits per heavy atom. The average molecular weight is 393 g/mol. The minimum atomic E-state index is 0.449. The highest BCUT2D eigenvalue weighted by molar-refractivity contribution is 5.44. The number of allylic oxidation sites excluding steroid dienone is 1. The first-order chi connectivity index (χ1) is 14.9. The summed E-state index contributed by atoms with van der Waals surface area (Å²) in [5.74, 6) is 0.449. The van der Waals surface area contributed by atoms with Crippen molar-refractivity contribution in [1.82, 2.24) is 9.55 Å². The van der Waals surface area contributed by atoms with E-state index in [1.807, 2.05) is 12.5 Å². The van der Waals surface area contributed by atoms with Crippen LogP contribution in [0.25, 0.3) is 6.08 Å². The molecule has 0 aliphatic rings. The van der Waals surface area contributed by atoms with Crippen LogP contribution in [-0.4, -0.2) is 9.55 Å². The van der Waals surface area contributed by atoms with Crippen LogP contribution >= 0.6 is 0 Å². The van der Waals surface area contributed by atoms with Crippen molar-refractivity contribution in [3.8, 4) is 0 Å². The number of aromatic nitrogens is 2. The molecule has 2 nitrogen and oxygen atoms in total. The second-order valence-corrected chi connectivity index (χ2v) is 7.64. The van der Waals surface area contributed by atoms with Crippen molar-refractivity contribution in [1.29, 1.82) is 0 Å². The number of benzene rings is 3. The van der Waals surface area contributed by atoms with Crippen molar-refractivity contribution in [2.24, 2.45) is 0 Å². The molecule has 0 N–H and O–H groups in total. The first-order valence-electron chi connectivity index (χ1n) is 10.7. The Labute approximate surface area is 179 Å². The molecule has 4 rings (SSSR count). The summed E-state index contributed by atoms with van der Waals surface area (Å²) >= 11 is 0. The molecular formula is C28H28N2. The Kier molecular flexibility index (Phi) is 6.90. The third-order valence-corrected chi connectivity index (χ3v) is 5.50. The van der Waals surface area contributed by atoms with Crippen molar-refractivity contribution in [2.75, 3.05) is 0 Å². The van der Waals surface area contributed by atoms with Gasteiger partial charge in [-0.25, -0.2) is 4.98 Å². The van der Waals surface area contributed by atoms with Crippen molar-refractivity contribution >= 4 is 6.08 Å². The maximum Gasteiger partial charge on any atom is 0.0953 e. The Morgan fingerprint density at radius 2 is 1.37 bits per heavy atom. The fraction of sp³-hybridized carbons (Fsp3) is 0.179. The van der Waals surface area contributed by atoms with Gasteiger partial charge in [0, 0.05) is 12.5 Å². The van der Waals surface area contributed by atoms with Gasteiger partial charge in [0.1, 0.15) is 0 Å². The SMILES string of the molecule is C(=C\c1cncn1Cc1ccccc1)/CCCC(c1ccccc1)c1ccccc1. The molecule has 1 heterocycles. The summed E-state index contributed by atoms with van der Waals surface area (Å²) in [7, 11) is 0. The van der Waals surface area contributed by atoms with E-state index in [0.717, 1.165) is 31.5 Å². The molecule has 0 spiro atoms. The molecule has 150 valence electrons. The van der Waals surface area contributed by atoms with Crippen molar-refractivity contribution in [2.45, 2.75) is 31.7 Å². The summed E-state index contributed by atoms with van der Waals surface area (Å²) in [6, 6.07) is 32.2. The molecule has 0 radical (unpaired) electrons. The van der Waals surface area contributed by atoms with Crippen LogP contribution in [0.1, 0.15) is 47.6 Å². The van der Waals surface area contributed by atoms with E-state index in [-0.39, 0.29) is 0 Å². The number of hydrogen-bond donors (Lipinski definition) is 0. The molecule has 0 saturated heterocycles. The number of unbranched alkanes of at least 4 members (excludes halogenated alkanes) is 1. The Bertz CT molecular complexity index is 994. The number of hydrogen-bond acceptors (Lipinski definition) is 1. The fourth-order valence-electron chi connectivity index (χ4n) is 3.92. The molecule has 2 heteroatoms. The smallest absolute Gasteiger partial charge is 0.0953 e. The monoisotopic (exact) mass is 392 g/mol. The predicted octanol–water partition coefficient (Wildman–Crippen LogP) is 6.95. The third kappa shape index (κ3) is 5.36. The van der Waals surface area contributed by atoms with E-state index in [0.29, 0.717) is 5.92 Å². The van der Waals surface area contributed by atoms with Crippen molar-refractivity contribution < 1.29 is 0 Å². The second-order valence-electron chi connectivity index (χ2n) is 7.64. The van der Waals surface area contributed by atoms with Gasteiger partial charge in [-0.05, 0) is 42.0 Å². The van der Waals surface area contributed by atoms with Crippen LogP contribution < -0.4 is 0 Å². The molecule has 0 aliphatic carbocycles. The average Bonchev–Trinajstić information content (AvgIpc) is 3.25. The molecule has 0 atom stereocenters. The maximum absolute atomic E-state index is 4.34. The zero-order chi connectivity index (χ0) is 20.4. The molecule has 0 aliphatic heterocycles. The Balaban J connectivity index is 1.36. The van der Waals surface area contributed by atoms with Crippen LogP contribution in [0, 0.1) is 0 Å². The van der Waals surface area contributed by atoms with E-state index < -0.39 is 0 Å². The number of nitrogens with zero attached hydrogens (tertiary/aromatic N) is 2. The van der Waals surface area contributed by atoms with Gasteiger partial charge in [-0.1, -0.05) is 97.1 Å². The van der Waals surface area contributed by atoms with Crippen LogP contribution in [0.15, 0.2) is 110 Å². The van der Waals surface area contributed by atoms with Crippen LogP contribution in [-0.2, 0) is 6.54 Å². The van der Waals surface area contributed by atoms with Crippen LogP contribution in [0.2, 0.25) is 0 Å². The van der Waals surface area contributed by atoms with Gasteiger partial charge in [0.25, 0.3) is 0 Å². The standard InChI is InChI=1S/C28H28N2/c1-5-13-24(14-6-1)22-30-23-29-21-27(30)19-11-4-12-20-28(25-15-7-2-8-16-25)26-17-9-3-10-18-26/h1-3,5-11,13-19,21,23,28H,4,12,20,22H2/b19-11+. The molecule has 1 aromatic heterocycles. The van der Waals surface area contributed by atoms with E-state index in [9.17, 15) is 0 Å². The zero-order valence-electron chi connectivity index (χ0n) is 17.3. The molecule has 4 aromatic rings. The molecule has 0 saturated carbocycles. The summed E-state index contributed by atoms with van der Waals surface area (Å²) in [4.78, 5) is 4.34. The van der Waals surface area contributed by atoms with Gasteiger partial charge in [0.05, 0.1) is 18.2 Å². The van der Waals surface area contributed by atoms with Gasteiger partial charge >= 0.3 is 0 Å². The predicted molar refractivity (Wildman–Crippen MR) is 125 cm³/mol. The maximum atomic E-state index is 4.34. The van der Waals surface area contributed by atoms with Gasteiger partial charge < -0.3 is 4.57 Å². The number of imidazole rings is 1. The van der Waals surface area contributed by atoms with Gasteiger partial charge in [-0.15, -0.1) is 0 Å². The zero-order valence-corrected chi connectivity index (χ0v) is 17.3. The second kappa shape index (κ2) is 10.4. The molecule has 3 aromatic carbocycles. The summed E-state index contributed by atoms with van der Waals surface area (Å²) in [6.07, 6.45) is 11.7. The van der Waals surface area contributed by atoms with E-state index in [4.69, 9.17) is 0 Å². The highest BCUT2D eigenvalue weighted by Crippen LogP contribution is 2.29. The first kappa shape index (κ1) is 19.9. The van der Waals surface area contributed by atoms with Crippen molar-refractivity contribution in [3.63, 3.8) is 0 Å². The summed E-state index contributed by atoms with van der Waals surface area (Å²) < 4.78 is 2.20. The van der Waals surface area contributed by atoms with E-state index >= 15 is 0 Å². The van der Waals surface area contributed by atoms with E-state index in [1.54, 1.807) is 0 Å². The lowest BCUT2D eigenvalue weighted by molar-refractivity contribution is 0.669. The first-order valence-corrected chi connectivity index (χ1v) is 10.7. The van der Waals surface area contributed by atoms with Gasteiger partial charge in [-0.2, -0.15) is 0 Å². The quantitative estimate of drug-likeness (QED) is 0.282. The van der Waals surface area contributed by atoms with Crippen LogP contribution in [0.3, 0.4) is 0 Å². The van der Waals surface area contributed by atoms with E-state index in [1.165, 1.54) is 16.7 Å². The lowest BCUT2D eigenvalue weighted by Gasteiger charge is -2.17. The lowest BCUT2D eigenvalue weighted by atomic mass is 9.87. The topological polar surface area (TPSA) is 17.8 Å². The minimum absolute atomic E-state index is 0.449. The molecular weight excluding hydrogens is 364 g/mol. The Hall–Kier alpha value is -3.39. The van der Waals surface area contributed by atoms with Crippen LogP contribution in [0.4, 0.5) is 0 Å². The molecule has 0 fully saturated rings. The highest BCUT2D eigenvalue weighted by atomic mass is 15.0. The van der Waals surface area contributed by atoms with Gasteiger partial charge in [0.15, 0.2) is 0 Å². The molecule has 0 amide bonds. The molecule has 0 unspecified atom stereocenters. The van der Waals surface area contributed by atoms with Gasteiger partial charge in [0.2, 0.25) is 0 Å². The van der Waals surface area contributed by atoms with Gasteiger partial charge in [-0.3, -0.25) is 0 Å². The lowest BCUT2D eigenvalue weighted by Crippen LogP contribution is -2.01. The normalized spacial score (nSPS) is 11.4. The van der Waals surface area contributed by atoms with Crippen LogP contribution in [0.5, 0.6) is 0 Å². The highest BCUT2D eigenvalue weighted by Gasteiger charge is 2.12. The Morgan fingerprint density at radius 3 is 2.00 bits per heavy atom. The molecule has 0 bridgehead atoms. The van der Waals surface area contributed by atoms with E-state index in [2.05, 4.69) is 113 Å². The fourth-order valence-corrected chi connectivity index (χ4v) is 3.92. The summed E-state index contributed by atoms with van der Waals surface area (Å²) in [6.45, 7) is 0.852.